The molecule has 116 valence electrons. The highest BCUT2D eigenvalue weighted by Gasteiger charge is 2.20. The van der Waals surface area contributed by atoms with Crippen LogP contribution in [-0.4, -0.2) is 43.7 Å². The van der Waals surface area contributed by atoms with E-state index in [4.69, 9.17) is 0 Å². The van der Waals surface area contributed by atoms with Crippen LogP contribution in [0.4, 0.5) is 10.5 Å². The van der Waals surface area contributed by atoms with Gasteiger partial charge in [-0.1, -0.05) is 31.5 Å². The number of piperazine rings is 1. The Morgan fingerprint density at radius 3 is 2.33 bits per heavy atom. The van der Waals surface area contributed by atoms with E-state index in [2.05, 4.69) is 55.3 Å². The molecule has 1 fully saturated rings. The zero-order valence-electron chi connectivity index (χ0n) is 13.4. The fourth-order valence-corrected chi connectivity index (χ4v) is 2.50. The van der Waals surface area contributed by atoms with E-state index in [1.165, 1.54) is 11.3 Å². The highest BCUT2D eigenvalue weighted by Crippen LogP contribution is 2.17. The Morgan fingerprint density at radius 1 is 1.14 bits per heavy atom. The van der Waals surface area contributed by atoms with Crippen molar-refractivity contribution in [2.45, 2.75) is 27.2 Å². The summed E-state index contributed by atoms with van der Waals surface area (Å²) in [6.45, 7) is 10.6. The molecule has 2 amide bonds. The summed E-state index contributed by atoms with van der Waals surface area (Å²) in [7, 11) is 0. The number of hydrogen-bond acceptors (Lipinski definition) is 2. The lowest BCUT2D eigenvalue weighted by Crippen LogP contribution is -2.52. The minimum atomic E-state index is 0.0826. The summed E-state index contributed by atoms with van der Waals surface area (Å²) in [4.78, 5) is 16.3. The molecule has 2 rings (SSSR count). The first-order chi connectivity index (χ1) is 10.1. The molecule has 0 radical (unpaired) electrons. The van der Waals surface area contributed by atoms with Crippen LogP contribution >= 0.6 is 0 Å². The molecule has 1 N–H and O–H groups in total. The van der Waals surface area contributed by atoms with E-state index in [0.29, 0.717) is 5.92 Å². The molecule has 4 nitrogen and oxygen atoms in total. The van der Waals surface area contributed by atoms with E-state index in [-0.39, 0.29) is 6.03 Å². The number of anilines is 1. The van der Waals surface area contributed by atoms with Crippen molar-refractivity contribution in [3.63, 3.8) is 0 Å². The zero-order chi connectivity index (χ0) is 15.2. The second-order valence-corrected chi connectivity index (χ2v) is 6.22. The maximum absolute atomic E-state index is 12.1. The van der Waals surface area contributed by atoms with Crippen LogP contribution in [-0.2, 0) is 0 Å². The number of nitrogens with zero attached hydrogens (tertiary/aromatic N) is 2. The maximum atomic E-state index is 12.1. The number of rotatable bonds is 4. The summed E-state index contributed by atoms with van der Waals surface area (Å²) in [5, 5.41) is 3.01. The molecule has 1 saturated heterocycles. The summed E-state index contributed by atoms with van der Waals surface area (Å²) in [6.07, 6.45) is 1.04. The summed E-state index contributed by atoms with van der Waals surface area (Å²) in [5.74, 6) is 0.628. The minimum absolute atomic E-state index is 0.0826. The fraction of sp³-hybridized carbons (Fsp3) is 0.588. The van der Waals surface area contributed by atoms with Crippen LogP contribution in [0, 0.1) is 12.8 Å². The van der Waals surface area contributed by atoms with Gasteiger partial charge in [0.25, 0.3) is 0 Å². The van der Waals surface area contributed by atoms with Gasteiger partial charge in [0.1, 0.15) is 0 Å². The van der Waals surface area contributed by atoms with Crippen LogP contribution in [0.5, 0.6) is 0 Å². The predicted molar refractivity (Wildman–Crippen MR) is 87.8 cm³/mol. The summed E-state index contributed by atoms with van der Waals surface area (Å²) in [5.41, 5.74) is 2.53. The third-order valence-electron chi connectivity index (χ3n) is 3.96. The van der Waals surface area contributed by atoms with Gasteiger partial charge in [0, 0.05) is 38.4 Å². The quantitative estimate of drug-likeness (QED) is 0.925. The monoisotopic (exact) mass is 289 g/mol. The van der Waals surface area contributed by atoms with Crippen LogP contribution in [0.3, 0.4) is 0 Å². The van der Waals surface area contributed by atoms with E-state index < -0.39 is 0 Å². The van der Waals surface area contributed by atoms with E-state index >= 15 is 0 Å². The van der Waals surface area contributed by atoms with Gasteiger partial charge in [-0.2, -0.15) is 0 Å². The lowest BCUT2D eigenvalue weighted by atomic mass is 10.1. The van der Waals surface area contributed by atoms with Gasteiger partial charge in [0.2, 0.25) is 0 Å². The zero-order valence-corrected chi connectivity index (χ0v) is 13.4. The SMILES string of the molecule is Cc1ccc(N2CCN(C(=O)NCCC(C)C)CC2)cc1. The summed E-state index contributed by atoms with van der Waals surface area (Å²) in [6, 6.07) is 8.68. The summed E-state index contributed by atoms with van der Waals surface area (Å²) < 4.78 is 0. The third kappa shape index (κ3) is 4.66. The predicted octanol–water partition coefficient (Wildman–Crippen LogP) is 2.87. The number of hydrogen-bond donors (Lipinski definition) is 1. The Hall–Kier alpha value is -1.71. The van der Waals surface area contributed by atoms with Gasteiger partial charge in [-0.15, -0.1) is 0 Å². The largest absolute Gasteiger partial charge is 0.368 e. The molecule has 1 aromatic carbocycles. The number of amides is 2. The first kappa shape index (κ1) is 15.7. The maximum Gasteiger partial charge on any atom is 0.317 e. The van der Waals surface area contributed by atoms with Crippen molar-refractivity contribution in [2.75, 3.05) is 37.6 Å². The lowest BCUT2D eigenvalue weighted by molar-refractivity contribution is 0.194. The van der Waals surface area contributed by atoms with Gasteiger partial charge in [0.05, 0.1) is 0 Å². The van der Waals surface area contributed by atoms with Crippen molar-refractivity contribution >= 4 is 11.7 Å². The molecular formula is C17H27N3O. The number of urea groups is 1. The molecule has 0 saturated carbocycles. The molecule has 4 heteroatoms. The van der Waals surface area contributed by atoms with Crippen molar-refractivity contribution in [1.82, 2.24) is 10.2 Å². The van der Waals surface area contributed by atoms with Crippen molar-refractivity contribution in [2.24, 2.45) is 5.92 Å². The van der Waals surface area contributed by atoms with Crippen LogP contribution in [0.1, 0.15) is 25.8 Å². The lowest BCUT2D eigenvalue weighted by Gasteiger charge is -2.36. The number of carbonyl (C=O) groups excluding carboxylic acids is 1. The molecule has 1 heterocycles. The molecule has 0 bridgehead atoms. The van der Waals surface area contributed by atoms with E-state index in [1.54, 1.807) is 0 Å². The Bertz CT molecular complexity index is 448. The molecule has 0 aromatic heterocycles. The minimum Gasteiger partial charge on any atom is -0.368 e. The normalized spacial score (nSPS) is 15.4. The molecule has 0 spiro atoms. The van der Waals surface area contributed by atoms with E-state index in [0.717, 1.165) is 39.1 Å². The Morgan fingerprint density at radius 2 is 1.76 bits per heavy atom. The number of benzene rings is 1. The Labute approximate surface area is 128 Å². The van der Waals surface area contributed by atoms with Crippen LogP contribution < -0.4 is 10.2 Å². The highest BCUT2D eigenvalue weighted by atomic mass is 16.2. The van der Waals surface area contributed by atoms with E-state index in [1.807, 2.05) is 4.90 Å². The molecule has 0 unspecified atom stereocenters. The van der Waals surface area contributed by atoms with Gasteiger partial charge >= 0.3 is 6.03 Å². The average molecular weight is 289 g/mol. The summed E-state index contributed by atoms with van der Waals surface area (Å²) >= 11 is 0. The molecule has 1 aromatic rings. The van der Waals surface area contributed by atoms with Crippen LogP contribution in [0.2, 0.25) is 0 Å². The van der Waals surface area contributed by atoms with Crippen LogP contribution in [0.25, 0.3) is 0 Å². The molecule has 1 aliphatic heterocycles. The van der Waals surface area contributed by atoms with Crippen molar-refractivity contribution in [1.29, 1.82) is 0 Å². The first-order valence-corrected chi connectivity index (χ1v) is 7.90. The Kier molecular flexibility index (Phi) is 5.48. The second kappa shape index (κ2) is 7.34. The van der Waals surface area contributed by atoms with Gasteiger partial charge in [-0.3, -0.25) is 0 Å². The highest BCUT2D eigenvalue weighted by molar-refractivity contribution is 5.74. The number of carbonyl (C=O) groups is 1. The first-order valence-electron chi connectivity index (χ1n) is 7.90. The van der Waals surface area contributed by atoms with Gasteiger partial charge in [0.15, 0.2) is 0 Å². The molecule has 0 atom stereocenters. The average Bonchev–Trinajstić information content (AvgIpc) is 2.48. The van der Waals surface area contributed by atoms with Crippen molar-refractivity contribution < 1.29 is 4.79 Å². The van der Waals surface area contributed by atoms with Crippen molar-refractivity contribution in [3.8, 4) is 0 Å². The number of aryl methyl sites for hydroxylation is 1. The van der Waals surface area contributed by atoms with Gasteiger partial charge in [-0.05, 0) is 31.4 Å². The van der Waals surface area contributed by atoms with Crippen molar-refractivity contribution in [3.05, 3.63) is 29.8 Å². The molecule has 1 aliphatic rings. The second-order valence-electron chi connectivity index (χ2n) is 6.22. The fourth-order valence-electron chi connectivity index (χ4n) is 2.50. The van der Waals surface area contributed by atoms with Gasteiger partial charge in [-0.25, -0.2) is 4.79 Å². The topological polar surface area (TPSA) is 35.6 Å². The molecular weight excluding hydrogens is 262 g/mol. The Balaban J connectivity index is 1.77. The number of nitrogens with one attached hydrogen (secondary N) is 1. The smallest absolute Gasteiger partial charge is 0.317 e. The molecule has 0 aliphatic carbocycles. The third-order valence-corrected chi connectivity index (χ3v) is 3.96. The van der Waals surface area contributed by atoms with Gasteiger partial charge < -0.3 is 15.1 Å². The molecule has 21 heavy (non-hydrogen) atoms. The van der Waals surface area contributed by atoms with E-state index in [9.17, 15) is 4.79 Å². The van der Waals surface area contributed by atoms with Crippen LogP contribution in [0.15, 0.2) is 24.3 Å². The standard InChI is InChI=1S/C17H27N3O/c1-14(2)8-9-18-17(21)20-12-10-19(11-13-20)16-6-4-15(3)5-7-16/h4-7,14H,8-13H2,1-3H3,(H,18,21).